The van der Waals surface area contributed by atoms with Gasteiger partial charge in [0.05, 0.1) is 16.9 Å². The highest BCUT2D eigenvalue weighted by atomic mass is 19.3. The quantitative estimate of drug-likeness (QED) is 0.306. The third-order valence-corrected chi connectivity index (χ3v) is 4.39. The molecule has 2 heterocycles. The molecular formula is C21H11F5N4O4. The summed E-state index contributed by atoms with van der Waals surface area (Å²) in [6.45, 7) is 0. The molecule has 0 saturated carbocycles. The number of nitrogens with one attached hydrogen (secondary N) is 1. The van der Waals surface area contributed by atoms with Gasteiger partial charge in [0.15, 0.2) is 11.6 Å². The van der Waals surface area contributed by atoms with Gasteiger partial charge < -0.3 is 9.47 Å². The SMILES string of the molecule is N#Cc1cc(Oc2ccc(NN(C=O)c3ccc4c(c3)C(F)(F)OC(F)(F)O4)cc2F)ccn1. The molecule has 4 rings (SSSR count). The molecule has 0 aliphatic carbocycles. The normalized spacial score (nSPS) is 15.3. The molecule has 0 unspecified atom stereocenters. The van der Waals surface area contributed by atoms with Gasteiger partial charge in [-0.25, -0.2) is 19.1 Å². The molecule has 0 saturated heterocycles. The first kappa shape index (κ1) is 22.7. The van der Waals surface area contributed by atoms with Crippen molar-refractivity contribution in [3.63, 3.8) is 0 Å². The van der Waals surface area contributed by atoms with Crippen molar-refractivity contribution in [2.75, 3.05) is 10.4 Å². The molecular weight excluding hydrogens is 467 g/mol. The summed E-state index contributed by atoms with van der Waals surface area (Å²) in [5.41, 5.74) is 1.34. The predicted octanol–water partition coefficient (Wildman–Crippen LogP) is 4.88. The highest BCUT2D eigenvalue weighted by Crippen LogP contribution is 2.47. The molecule has 1 N–H and O–H groups in total. The molecule has 1 aliphatic rings. The van der Waals surface area contributed by atoms with Gasteiger partial charge in [0.25, 0.3) is 0 Å². The maximum atomic E-state index is 14.5. The summed E-state index contributed by atoms with van der Waals surface area (Å²) >= 11 is 0. The highest BCUT2D eigenvalue weighted by molar-refractivity contribution is 5.79. The molecule has 3 aromatic rings. The molecule has 2 aromatic carbocycles. The minimum atomic E-state index is -4.53. The minimum absolute atomic E-state index is 0.0212. The zero-order valence-electron chi connectivity index (χ0n) is 16.6. The fourth-order valence-electron chi connectivity index (χ4n) is 2.94. The van der Waals surface area contributed by atoms with Crippen LogP contribution >= 0.6 is 0 Å². The summed E-state index contributed by atoms with van der Waals surface area (Å²) in [5, 5.41) is 9.57. The van der Waals surface area contributed by atoms with Crippen LogP contribution in [-0.4, -0.2) is 17.7 Å². The number of ether oxygens (including phenoxy) is 3. The Morgan fingerprint density at radius 3 is 2.62 bits per heavy atom. The first-order valence-electron chi connectivity index (χ1n) is 9.24. The van der Waals surface area contributed by atoms with Crippen LogP contribution in [-0.2, 0) is 15.6 Å². The van der Waals surface area contributed by atoms with Crippen LogP contribution in [0, 0.1) is 17.1 Å². The summed E-state index contributed by atoms with van der Waals surface area (Å²) in [6.07, 6.45) is -7.43. The highest BCUT2D eigenvalue weighted by Gasteiger charge is 2.54. The summed E-state index contributed by atoms with van der Waals surface area (Å²) in [5.74, 6) is -1.74. The smallest absolute Gasteiger partial charge is 0.454 e. The third kappa shape index (κ3) is 4.66. The van der Waals surface area contributed by atoms with Crippen molar-refractivity contribution in [3.05, 3.63) is 71.8 Å². The number of nitriles is 1. The molecule has 34 heavy (non-hydrogen) atoms. The van der Waals surface area contributed by atoms with E-state index >= 15 is 0 Å². The zero-order chi connectivity index (χ0) is 24.5. The number of carbonyl (C=O) groups is 1. The number of benzene rings is 2. The Morgan fingerprint density at radius 1 is 1.12 bits per heavy atom. The summed E-state index contributed by atoms with van der Waals surface area (Å²) < 4.78 is 81.7. The Hall–Kier alpha value is -4.44. The van der Waals surface area contributed by atoms with Gasteiger partial charge in [0.1, 0.15) is 23.3 Å². The summed E-state index contributed by atoms with van der Waals surface area (Å²) in [6, 6.07) is 10.6. The fourth-order valence-corrected chi connectivity index (χ4v) is 2.94. The monoisotopic (exact) mass is 478 g/mol. The van der Waals surface area contributed by atoms with Crippen LogP contribution in [0.4, 0.5) is 33.3 Å². The van der Waals surface area contributed by atoms with Crippen molar-refractivity contribution in [2.24, 2.45) is 0 Å². The lowest BCUT2D eigenvalue weighted by molar-refractivity contribution is -0.461. The number of aromatic nitrogens is 1. The van der Waals surface area contributed by atoms with E-state index in [2.05, 4.69) is 19.9 Å². The standard InChI is InChI=1S/C21H11F5N4O4/c22-17-8-12(1-3-19(17)32-15-5-6-28-13(7-15)10-27)29-30(11-31)14-2-4-18-16(9-14)20(23,24)34-21(25,26)33-18/h1-9,11,29H. The number of hydrogen-bond acceptors (Lipinski definition) is 7. The van der Waals surface area contributed by atoms with E-state index in [0.29, 0.717) is 11.1 Å². The van der Waals surface area contributed by atoms with Crippen LogP contribution in [0.3, 0.4) is 0 Å². The Bertz CT molecular complexity index is 1300. The summed E-state index contributed by atoms with van der Waals surface area (Å²) in [4.78, 5) is 15.3. The number of amides is 1. The number of halogens is 5. The van der Waals surface area contributed by atoms with Crippen molar-refractivity contribution in [1.82, 2.24) is 4.98 Å². The average Bonchev–Trinajstić information content (AvgIpc) is 2.78. The maximum absolute atomic E-state index is 14.5. The number of alkyl halides is 4. The molecule has 1 aliphatic heterocycles. The number of hydrazine groups is 1. The lowest BCUT2D eigenvalue weighted by Gasteiger charge is -2.31. The van der Waals surface area contributed by atoms with Gasteiger partial charge in [-0.15, -0.1) is 8.78 Å². The molecule has 174 valence electrons. The number of hydrogen-bond donors (Lipinski definition) is 1. The second-order valence-corrected chi connectivity index (χ2v) is 6.69. The van der Waals surface area contributed by atoms with Gasteiger partial charge in [-0.1, -0.05) is 0 Å². The molecule has 1 aromatic heterocycles. The molecule has 8 nitrogen and oxygen atoms in total. The topological polar surface area (TPSA) is 96.7 Å². The van der Waals surface area contributed by atoms with Crippen LogP contribution in [0.25, 0.3) is 0 Å². The number of fused-ring (bicyclic) bond motifs is 1. The van der Waals surface area contributed by atoms with Gasteiger partial charge in [0.2, 0.25) is 6.41 Å². The van der Waals surface area contributed by atoms with E-state index in [1.165, 1.54) is 30.5 Å². The Kier molecular flexibility index (Phi) is 5.68. The van der Waals surface area contributed by atoms with Crippen molar-refractivity contribution in [2.45, 2.75) is 12.4 Å². The predicted molar refractivity (Wildman–Crippen MR) is 105 cm³/mol. The number of nitrogens with zero attached hydrogens (tertiary/aromatic N) is 3. The van der Waals surface area contributed by atoms with Gasteiger partial charge in [-0.05, 0) is 36.4 Å². The van der Waals surface area contributed by atoms with E-state index in [0.717, 1.165) is 18.2 Å². The molecule has 0 bridgehead atoms. The van der Waals surface area contributed by atoms with Crippen LogP contribution in [0.2, 0.25) is 0 Å². The molecule has 0 fully saturated rings. The Labute approximate surface area is 187 Å². The minimum Gasteiger partial charge on any atom is -0.454 e. The number of pyridine rings is 1. The molecule has 0 spiro atoms. The van der Waals surface area contributed by atoms with E-state index in [9.17, 15) is 26.7 Å². The molecule has 0 radical (unpaired) electrons. The largest absolute Gasteiger partial charge is 0.540 e. The zero-order valence-corrected chi connectivity index (χ0v) is 16.6. The lowest BCUT2D eigenvalue weighted by Crippen LogP contribution is -2.41. The second kappa shape index (κ2) is 8.49. The molecule has 13 heteroatoms. The van der Waals surface area contributed by atoms with E-state index < -0.39 is 29.5 Å². The van der Waals surface area contributed by atoms with Gasteiger partial charge >= 0.3 is 12.4 Å². The van der Waals surface area contributed by atoms with Crippen molar-refractivity contribution >= 4 is 17.8 Å². The van der Waals surface area contributed by atoms with Crippen molar-refractivity contribution in [3.8, 4) is 23.3 Å². The van der Waals surface area contributed by atoms with E-state index in [-0.39, 0.29) is 35.0 Å². The Balaban J connectivity index is 1.55. The molecule has 0 atom stereocenters. The van der Waals surface area contributed by atoms with Gasteiger partial charge in [-0.2, -0.15) is 14.0 Å². The lowest BCUT2D eigenvalue weighted by atomic mass is 10.1. The van der Waals surface area contributed by atoms with Gasteiger partial charge in [0, 0.05) is 18.3 Å². The average molecular weight is 478 g/mol. The van der Waals surface area contributed by atoms with Crippen molar-refractivity contribution < 1.29 is 41.0 Å². The van der Waals surface area contributed by atoms with Gasteiger partial charge in [-0.3, -0.25) is 10.2 Å². The van der Waals surface area contributed by atoms with Crippen LogP contribution in [0.5, 0.6) is 17.2 Å². The van der Waals surface area contributed by atoms with E-state index in [1.54, 1.807) is 0 Å². The summed E-state index contributed by atoms with van der Waals surface area (Å²) in [7, 11) is 0. The van der Waals surface area contributed by atoms with Crippen LogP contribution in [0.1, 0.15) is 11.3 Å². The van der Waals surface area contributed by atoms with Crippen LogP contribution in [0.15, 0.2) is 54.7 Å². The first-order valence-corrected chi connectivity index (χ1v) is 9.24. The fraction of sp³-hybridized carbons (Fsp3) is 0.0952. The van der Waals surface area contributed by atoms with E-state index in [4.69, 9.17) is 10.00 Å². The third-order valence-electron chi connectivity index (χ3n) is 4.39. The number of anilines is 2. The Morgan fingerprint density at radius 2 is 1.91 bits per heavy atom. The number of carbonyl (C=O) groups excluding carboxylic acids is 1. The maximum Gasteiger partial charge on any atom is 0.540 e. The van der Waals surface area contributed by atoms with E-state index in [1.807, 2.05) is 6.07 Å². The van der Waals surface area contributed by atoms with Crippen LogP contribution < -0.4 is 19.9 Å². The first-order chi connectivity index (χ1) is 16.1. The second-order valence-electron chi connectivity index (χ2n) is 6.69. The number of rotatable bonds is 6. The van der Waals surface area contributed by atoms with Crippen molar-refractivity contribution in [1.29, 1.82) is 5.26 Å². The molecule has 1 amide bonds.